The Bertz CT molecular complexity index is 1140. The van der Waals surface area contributed by atoms with E-state index in [0.717, 1.165) is 74.6 Å². The molecule has 4 rings (SSSR count). The van der Waals surface area contributed by atoms with E-state index in [0.29, 0.717) is 36.0 Å². The lowest BCUT2D eigenvalue weighted by Crippen LogP contribution is -2.34. The van der Waals surface area contributed by atoms with Crippen LogP contribution in [0.25, 0.3) is 11.0 Å². The molecule has 202 valence electrons. The van der Waals surface area contributed by atoms with Gasteiger partial charge in [-0.3, -0.25) is 4.68 Å². The topological polar surface area (TPSA) is 133 Å². The number of unbranched alkanes of at least 4 members (excludes halogenated alkanes) is 1. The Kier molecular flexibility index (Phi) is 9.37. The van der Waals surface area contributed by atoms with Crippen LogP contribution in [0.4, 0.5) is 11.8 Å². The van der Waals surface area contributed by atoms with Crippen LogP contribution in [-0.4, -0.2) is 78.0 Å². The van der Waals surface area contributed by atoms with Gasteiger partial charge in [0.15, 0.2) is 11.3 Å². The Labute approximate surface area is 217 Å². The summed E-state index contributed by atoms with van der Waals surface area (Å²) >= 11 is 0. The first-order valence-electron chi connectivity index (χ1n) is 13.0. The van der Waals surface area contributed by atoms with Crippen molar-refractivity contribution in [3.8, 4) is 11.5 Å². The standard InChI is InChI=1S/C26H39N7O4/c1-4-5-8-32(9-10-34)25-24-21(29-26(27)30-25)17-33(31-24)16-20-22(35-2)13-18(14-23(20)36-3)15-28-19-6-11-37-12-7-19/h13-14,17,19,28,34H,4-12,15-16H2,1-3H3,(H2,27,29). The Morgan fingerprint density at radius 3 is 2.54 bits per heavy atom. The molecule has 11 nitrogen and oxygen atoms in total. The van der Waals surface area contributed by atoms with E-state index < -0.39 is 0 Å². The van der Waals surface area contributed by atoms with E-state index in [9.17, 15) is 5.11 Å². The number of hydrogen-bond donors (Lipinski definition) is 3. The van der Waals surface area contributed by atoms with E-state index in [4.69, 9.17) is 25.0 Å². The minimum atomic E-state index is 0.0138. The number of rotatable bonds is 13. The molecule has 0 radical (unpaired) electrons. The van der Waals surface area contributed by atoms with Crippen molar-refractivity contribution in [2.24, 2.45) is 0 Å². The van der Waals surface area contributed by atoms with E-state index in [1.54, 1.807) is 18.9 Å². The Hall–Kier alpha value is -3.15. The first-order chi connectivity index (χ1) is 18.1. The van der Waals surface area contributed by atoms with E-state index in [1.165, 1.54) is 0 Å². The first kappa shape index (κ1) is 26.9. The summed E-state index contributed by atoms with van der Waals surface area (Å²) in [6, 6.07) is 4.54. The zero-order chi connectivity index (χ0) is 26.2. The zero-order valence-electron chi connectivity index (χ0n) is 22.1. The molecule has 2 aromatic heterocycles. The van der Waals surface area contributed by atoms with Crippen molar-refractivity contribution in [3.63, 3.8) is 0 Å². The van der Waals surface area contributed by atoms with Crippen molar-refractivity contribution in [2.75, 3.05) is 57.8 Å². The largest absolute Gasteiger partial charge is 0.496 e. The van der Waals surface area contributed by atoms with Crippen molar-refractivity contribution in [1.29, 1.82) is 0 Å². The molecule has 1 aromatic carbocycles. The van der Waals surface area contributed by atoms with E-state index in [-0.39, 0.29) is 12.6 Å². The van der Waals surface area contributed by atoms with Gasteiger partial charge in [0.1, 0.15) is 17.0 Å². The molecule has 1 fully saturated rings. The van der Waals surface area contributed by atoms with Crippen LogP contribution in [0.5, 0.6) is 11.5 Å². The molecule has 0 bridgehead atoms. The molecule has 1 saturated heterocycles. The maximum Gasteiger partial charge on any atom is 0.222 e. The average molecular weight is 514 g/mol. The lowest BCUT2D eigenvalue weighted by molar-refractivity contribution is 0.0776. The third kappa shape index (κ3) is 6.60. The molecule has 0 amide bonds. The van der Waals surface area contributed by atoms with Crippen molar-refractivity contribution in [2.45, 2.75) is 51.7 Å². The molecule has 0 atom stereocenters. The number of anilines is 2. The van der Waals surface area contributed by atoms with Gasteiger partial charge in [-0.25, -0.2) is 4.98 Å². The predicted molar refractivity (Wildman–Crippen MR) is 143 cm³/mol. The van der Waals surface area contributed by atoms with E-state index in [2.05, 4.69) is 22.2 Å². The smallest absolute Gasteiger partial charge is 0.222 e. The molecular weight excluding hydrogens is 474 g/mol. The monoisotopic (exact) mass is 513 g/mol. The summed E-state index contributed by atoms with van der Waals surface area (Å²) in [5.74, 6) is 2.28. The molecule has 0 aliphatic carbocycles. The van der Waals surface area contributed by atoms with Crippen LogP contribution in [0.1, 0.15) is 43.7 Å². The van der Waals surface area contributed by atoms with Gasteiger partial charge in [-0.15, -0.1) is 0 Å². The van der Waals surface area contributed by atoms with Crippen molar-refractivity contribution in [3.05, 3.63) is 29.5 Å². The minimum absolute atomic E-state index is 0.0138. The van der Waals surface area contributed by atoms with Crippen LogP contribution in [0.15, 0.2) is 18.3 Å². The highest BCUT2D eigenvalue weighted by molar-refractivity contribution is 5.86. The fraction of sp³-hybridized carbons (Fsp3) is 0.577. The number of nitrogens with one attached hydrogen (secondary N) is 1. The Morgan fingerprint density at radius 2 is 1.89 bits per heavy atom. The summed E-state index contributed by atoms with van der Waals surface area (Å²) in [4.78, 5) is 10.9. The highest BCUT2D eigenvalue weighted by atomic mass is 16.5. The third-order valence-corrected chi connectivity index (χ3v) is 6.66. The molecule has 0 spiro atoms. The molecule has 3 heterocycles. The van der Waals surface area contributed by atoms with Gasteiger partial charge in [0.2, 0.25) is 5.95 Å². The highest BCUT2D eigenvalue weighted by Gasteiger charge is 2.20. The molecule has 1 aliphatic heterocycles. The number of nitrogens with two attached hydrogens (primary N) is 1. The van der Waals surface area contributed by atoms with E-state index >= 15 is 0 Å². The molecule has 37 heavy (non-hydrogen) atoms. The van der Waals surface area contributed by atoms with Gasteiger partial charge in [-0.05, 0) is 37.0 Å². The number of nitrogen functional groups attached to an aromatic ring is 1. The van der Waals surface area contributed by atoms with Gasteiger partial charge < -0.3 is 35.3 Å². The summed E-state index contributed by atoms with van der Waals surface area (Å²) in [6.07, 6.45) is 5.88. The summed E-state index contributed by atoms with van der Waals surface area (Å²) in [5.41, 5.74) is 9.31. The van der Waals surface area contributed by atoms with Gasteiger partial charge in [0.25, 0.3) is 0 Å². The number of nitrogens with zero attached hydrogens (tertiary/aromatic N) is 5. The SMILES string of the molecule is CCCCN(CCO)c1nc(N)nc2cn(Cc3c(OC)cc(CNC4CCOCC4)cc3OC)nc12. The maximum atomic E-state index is 9.61. The quantitative estimate of drug-likeness (QED) is 0.313. The van der Waals surface area contributed by atoms with Crippen LogP contribution in [0, 0.1) is 0 Å². The number of benzene rings is 1. The number of hydrogen-bond acceptors (Lipinski definition) is 10. The predicted octanol–water partition coefficient (Wildman–Crippen LogP) is 2.34. The van der Waals surface area contributed by atoms with Crippen LogP contribution < -0.4 is 25.4 Å². The Balaban J connectivity index is 1.61. The number of aliphatic hydroxyl groups is 1. The molecule has 0 unspecified atom stereocenters. The molecule has 4 N–H and O–H groups in total. The van der Waals surface area contributed by atoms with Gasteiger partial charge in [0, 0.05) is 38.9 Å². The number of ether oxygens (including phenoxy) is 3. The number of methoxy groups -OCH3 is 2. The molecular formula is C26H39N7O4. The Morgan fingerprint density at radius 1 is 1.16 bits per heavy atom. The summed E-state index contributed by atoms with van der Waals surface area (Å²) < 4.78 is 18.8. The highest BCUT2D eigenvalue weighted by Crippen LogP contribution is 2.32. The van der Waals surface area contributed by atoms with Crippen molar-refractivity contribution in [1.82, 2.24) is 25.1 Å². The minimum Gasteiger partial charge on any atom is -0.496 e. The first-order valence-corrected chi connectivity index (χ1v) is 13.0. The zero-order valence-corrected chi connectivity index (χ0v) is 22.1. The average Bonchev–Trinajstić information content (AvgIpc) is 3.32. The van der Waals surface area contributed by atoms with Gasteiger partial charge in [-0.1, -0.05) is 13.3 Å². The summed E-state index contributed by atoms with van der Waals surface area (Å²) in [5, 5.41) is 18.0. The van der Waals surface area contributed by atoms with Crippen LogP contribution in [-0.2, 0) is 17.8 Å². The molecule has 3 aromatic rings. The number of fused-ring (bicyclic) bond motifs is 1. The number of aromatic nitrogens is 4. The van der Waals surface area contributed by atoms with Crippen LogP contribution in [0.2, 0.25) is 0 Å². The van der Waals surface area contributed by atoms with Crippen LogP contribution >= 0.6 is 0 Å². The molecule has 1 aliphatic rings. The van der Waals surface area contributed by atoms with Gasteiger partial charge >= 0.3 is 0 Å². The van der Waals surface area contributed by atoms with Gasteiger partial charge in [0.05, 0.1) is 39.1 Å². The normalized spacial score (nSPS) is 14.3. The van der Waals surface area contributed by atoms with Crippen LogP contribution in [0.3, 0.4) is 0 Å². The lowest BCUT2D eigenvalue weighted by Gasteiger charge is -2.23. The second-order valence-electron chi connectivity index (χ2n) is 9.28. The lowest BCUT2D eigenvalue weighted by atomic mass is 10.1. The maximum absolute atomic E-state index is 9.61. The van der Waals surface area contributed by atoms with Gasteiger partial charge in [-0.2, -0.15) is 10.1 Å². The number of aliphatic hydroxyl groups excluding tert-OH is 1. The third-order valence-electron chi connectivity index (χ3n) is 6.66. The van der Waals surface area contributed by atoms with Crippen molar-refractivity contribution >= 4 is 22.8 Å². The van der Waals surface area contributed by atoms with E-state index in [1.807, 2.05) is 23.2 Å². The molecule has 11 heteroatoms. The molecule has 0 saturated carbocycles. The second kappa shape index (κ2) is 12.9. The fourth-order valence-corrected chi connectivity index (χ4v) is 4.68. The van der Waals surface area contributed by atoms with Crippen molar-refractivity contribution < 1.29 is 19.3 Å². The second-order valence-corrected chi connectivity index (χ2v) is 9.28. The summed E-state index contributed by atoms with van der Waals surface area (Å²) in [7, 11) is 3.33. The summed E-state index contributed by atoms with van der Waals surface area (Å²) in [6.45, 7) is 6.09. The fourth-order valence-electron chi connectivity index (χ4n) is 4.68.